The van der Waals surface area contributed by atoms with Gasteiger partial charge in [0.25, 0.3) is 9.24 Å². The van der Waals surface area contributed by atoms with Gasteiger partial charge in [0.15, 0.2) is 0 Å². The lowest BCUT2D eigenvalue weighted by molar-refractivity contribution is -0.135. The van der Waals surface area contributed by atoms with E-state index in [1.165, 1.54) is 0 Å². The van der Waals surface area contributed by atoms with E-state index in [2.05, 4.69) is 10.7 Å². The first-order chi connectivity index (χ1) is 3.92. The van der Waals surface area contributed by atoms with Crippen molar-refractivity contribution in [3.05, 3.63) is 0 Å². The Hall–Kier alpha value is -0.330. The Morgan fingerprint density at radius 3 is 2.22 bits per heavy atom. The first-order valence-electron chi connectivity index (χ1n) is 1.83. The zero-order chi connectivity index (χ0) is 7.49. The molecule has 0 saturated carbocycles. The highest BCUT2D eigenvalue weighted by molar-refractivity contribution is 8.12. The van der Waals surface area contributed by atoms with Crippen molar-refractivity contribution >= 4 is 25.9 Å². The van der Waals surface area contributed by atoms with Gasteiger partial charge in [-0.15, -0.1) is 0 Å². The van der Waals surface area contributed by atoms with Gasteiger partial charge in [0.05, 0.1) is 0 Å². The van der Waals surface area contributed by atoms with Gasteiger partial charge in [0.1, 0.15) is 6.54 Å². The highest BCUT2D eigenvalue weighted by Gasteiger charge is 2.04. The van der Waals surface area contributed by atoms with Gasteiger partial charge in [-0.3, -0.25) is 4.79 Å². The van der Waals surface area contributed by atoms with Crippen LogP contribution in [0.1, 0.15) is 0 Å². The molecule has 0 amide bonds. The Kier molecular flexibility index (Phi) is 2.89. The van der Waals surface area contributed by atoms with Gasteiger partial charge in [0, 0.05) is 10.7 Å². The molecule has 9 heavy (non-hydrogen) atoms. The number of aliphatic carboxylic acids is 1. The zero-order valence-corrected chi connectivity index (χ0v) is 5.74. The molecule has 5 nitrogen and oxygen atoms in total. The maximum atomic E-state index is 9.93. The third kappa shape index (κ3) is 7.67. The predicted octanol–water partition coefficient (Wildman–Crippen LogP) is -0.856. The molecule has 2 N–H and O–H groups in total. The van der Waals surface area contributed by atoms with E-state index in [4.69, 9.17) is 5.11 Å². The molecule has 0 aliphatic rings. The third-order valence-corrected chi connectivity index (χ3v) is 1.21. The average Bonchev–Trinajstić information content (AvgIpc) is 1.59. The Balaban J connectivity index is 3.67. The molecule has 54 valence electrons. The molecule has 0 heterocycles. The quantitative estimate of drug-likeness (QED) is 0.545. The highest BCUT2D eigenvalue weighted by Crippen LogP contribution is 1.86. The van der Waals surface area contributed by atoms with Gasteiger partial charge in [-0.25, -0.2) is 0 Å². The minimum Gasteiger partial charge on any atom is -0.480 e. The monoisotopic (exact) mass is 173 g/mol. The highest BCUT2D eigenvalue weighted by atomic mass is 35.7. The lowest BCUT2D eigenvalue weighted by Gasteiger charge is -1.91. The topological polar surface area (TPSA) is 83.5 Å². The summed E-state index contributed by atoms with van der Waals surface area (Å²) in [6, 6.07) is 0. The van der Waals surface area contributed by atoms with E-state index in [9.17, 15) is 13.2 Å². The first kappa shape index (κ1) is 8.67. The maximum Gasteiger partial charge on any atom is 0.318 e. The molecule has 0 unspecified atom stereocenters. The van der Waals surface area contributed by atoms with E-state index in [1.54, 1.807) is 4.72 Å². The molecule has 0 bridgehead atoms. The molecule has 0 aromatic rings. The van der Waals surface area contributed by atoms with Gasteiger partial charge >= 0.3 is 5.97 Å². The molecule has 7 heteroatoms. The number of carbonyl (C=O) groups is 1. The number of hydrogen-bond acceptors (Lipinski definition) is 3. The standard InChI is InChI=1S/C2H4ClNO4S/c3-9(7,8)4-1-2(5)6/h4H,1H2,(H,5,6). The van der Waals surface area contributed by atoms with E-state index in [0.717, 1.165) is 0 Å². The fourth-order valence-electron chi connectivity index (χ4n) is 0.148. The molecule has 0 saturated heterocycles. The molecule has 0 aliphatic heterocycles. The van der Waals surface area contributed by atoms with Crippen LogP contribution in [-0.2, 0) is 14.0 Å². The van der Waals surface area contributed by atoms with Crippen molar-refractivity contribution in [1.82, 2.24) is 4.72 Å². The van der Waals surface area contributed by atoms with E-state index >= 15 is 0 Å². The van der Waals surface area contributed by atoms with Crippen LogP contribution >= 0.6 is 10.7 Å². The Bertz CT molecular complexity index is 197. The molecule has 0 fully saturated rings. The normalized spacial score (nSPS) is 11.2. The number of halogens is 1. The lowest BCUT2D eigenvalue weighted by atomic mass is 10.7. The first-order valence-corrected chi connectivity index (χ1v) is 4.14. The number of carboxylic acids is 1. The van der Waals surface area contributed by atoms with Crippen molar-refractivity contribution in [1.29, 1.82) is 0 Å². The summed E-state index contributed by atoms with van der Waals surface area (Å²) in [5, 5.41) is 7.89. The Morgan fingerprint density at radius 1 is 1.67 bits per heavy atom. The molecule has 0 atom stereocenters. The van der Waals surface area contributed by atoms with Crippen LogP contribution in [-0.4, -0.2) is 26.0 Å². The fraction of sp³-hybridized carbons (Fsp3) is 0.500. The van der Waals surface area contributed by atoms with Gasteiger partial charge < -0.3 is 5.11 Å². The second-order valence-corrected chi connectivity index (χ2v) is 3.54. The van der Waals surface area contributed by atoms with Crippen molar-refractivity contribution in [3.8, 4) is 0 Å². The van der Waals surface area contributed by atoms with Crippen LogP contribution in [0.5, 0.6) is 0 Å². The van der Waals surface area contributed by atoms with Crippen LogP contribution < -0.4 is 4.72 Å². The summed E-state index contributed by atoms with van der Waals surface area (Å²) in [4.78, 5) is 9.66. The molecule has 0 spiro atoms. The van der Waals surface area contributed by atoms with E-state index < -0.39 is 21.8 Å². The summed E-state index contributed by atoms with van der Waals surface area (Å²) in [6.45, 7) is -0.689. The second-order valence-electron chi connectivity index (χ2n) is 1.15. The van der Waals surface area contributed by atoms with Crippen LogP contribution in [0.3, 0.4) is 0 Å². The van der Waals surface area contributed by atoms with Crippen molar-refractivity contribution in [2.45, 2.75) is 0 Å². The predicted molar refractivity (Wildman–Crippen MR) is 30.4 cm³/mol. The van der Waals surface area contributed by atoms with Gasteiger partial charge in [-0.05, 0) is 0 Å². The molecule has 0 rings (SSSR count). The van der Waals surface area contributed by atoms with Crippen molar-refractivity contribution in [2.24, 2.45) is 0 Å². The van der Waals surface area contributed by atoms with Crippen molar-refractivity contribution < 1.29 is 18.3 Å². The zero-order valence-electron chi connectivity index (χ0n) is 4.17. The van der Waals surface area contributed by atoms with E-state index in [-0.39, 0.29) is 0 Å². The summed E-state index contributed by atoms with van der Waals surface area (Å²) >= 11 is 0. The third-order valence-electron chi connectivity index (χ3n) is 0.396. The van der Waals surface area contributed by atoms with Crippen LogP contribution in [0.25, 0.3) is 0 Å². The minimum atomic E-state index is -3.88. The smallest absolute Gasteiger partial charge is 0.318 e. The van der Waals surface area contributed by atoms with Gasteiger partial charge in [-0.1, -0.05) is 0 Å². The van der Waals surface area contributed by atoms with E-state index in [1.807, 2.05) is 0 Å². The van der Waals surface area contributed by atoms with E-state index in [0.29, 0.717) is 0 Å². The average molecular weight is 174 g/mol. The maximum absolute atomic E-state index is 9.93. The SMILES string of the molecule is O=C(O)CNS(=O)(=O)Cl. The van der Waals surface area contributed by atoms with Crippen LogP contribution in [0.2, 0.25) is 0 Å². The van der Waals surface area contributed by atoms with Crippen molar-refractivity contribution in [2.75, 3.05) is 6.54 Å². The molecular weight excluding hydrogens is 170 g/mol. The number of carboxylic acid groups (broad SMARTS) is 1. The molecule has 0 radical (unpaired) electrons. The minimum absolute atomic E-state index is 0.689. The Morgan fingerprint density at radius 2 is 2.11 bits per heavy atom. The fourth-order valence-corrected chi connectivity index (χ4v) is 0.607. The van der Waals surface area contributed by atoms with Crippen LogP contribution in [0.15, 0.2) is 0 Å². The van der Waals surface area contributed by atoms with Gasteiger partial charge in [0.2, 0.25) is 0 Å². The van der Waals surface area contributed by atoms with Crippen molar-refractivity contribution in [3.63, 3.8) is 0 Å². The number of nitrogens with one attached hydrogen (secondary N) is 1. The van der Waals surface area contributed by atoms with Crippen LogP contribution in [0, 0.1) is 0 Å². The lowest BCUT2D eigenvalue weighted by Crippen LogP contribution is -2.25. The summed E-state index contributed by atoms with van der Waals surface area (Å²) in [5.74, 6) is -1.28. The molecule has 0 aromatic carbocycles. The second kappa shape index (κ2) is 3.00. The summed E-state index contributed by atoms with van der Waals surface area (Å²) < 4.78 is 21.4. The Labute approximate surface area is 56.2 Å². The molecular formula is C2H4ClNO4S. The number of hydrogen-bond donors (Lipinski definition) is 2. The van der Waals surface area contributed by atoms with Gasteiger partial charge in [-0.2, -0.15) is 13.1 Å². The molecule has 0 aliphatic carbocycles. The summed E-state index contributed by atoms with van der Waals surface area (Å²) in [6.07, 6.45) is 0. The largest absolute Gasteiger partial charge is 0.480 e. The van der Waals surface area contributed by atoms with Crippen LogP contribution in [0.4, 0.5) is 0 Å². The summed E-state index contributed by atoms with van der Waals surface area (Å²) in [5.41, 5.74) is 0. The number of rotatable bonds is 3. The summed E-state index contributed by atoms with van der Waals surface area (Å²) in [7, 11) is 0.697. The molecule has 0 aromatic heterocycles.